The largest absolute Gasteiger partial charge is 0.466 e. The molecule has 0 radical (unpaired) electrons. The summed E-state index contributed by atoms with van der Waals surface area (Å²) >= 11 is 0. The van der Waals surface area contributed by atoms with Crippen molar-refractivity contribution in [2.45, 2.75) is 136 Å². The second kappa shape index (κ2) is 17.8. The first-order valence-corrected chi connectivity index (χ1v) is 11.3. The maximum atomic E-state index is 11.4. The van der Waals surface area contributed by atoms with Gasteiger partial charge < -0.3 is 9.84 Å². The second-order valence-electron chi connectivity index (χ2n) is 8.51. The van der Waals surface area contributed by atoms with E-state index in [2.05, 4.69) is 6.92 Å². The van der Waals surface area contributed by atoms with Gasteiger partial charge in [-0.05, 0) is 20.3 Å². The summed E-state index contributed by atoms with van der Waals surface area (Å²) in [4.78, 5) is 11.4. The first-order valence-electron chi connectivity index (χ1n) is 11.3. The van der Waals surface area contributed by atoms with Gasteiger partial charge in [0.2, 0.25) is 0 Å². The molecule has 0 aliphatic rings. The van der Waals surface area contributed by atoms with E-state index in [9.17, 15) is 9.90 Å². The van der Waals surface area contributed by atoms with Crippen LogP contribution in [-0.2, 0) is 9.53 Å². The Labute approximate surface area is 163 Å². The normalized spacial score (nSPS) is 11.7. The van der Waals surface area contributed by atoms with E-state index in [0.29, 0.717) is 6.61 Å². The number of ether oxygens (including phenoxy) is 1. The molecule has 0 aliphatic carbocycles. The van der Waals surface area contributed by atoms with Crippen molar-refractivity contribution in [2.75, 3.05) is 6.61 Å². The van der Waals surface area contributed by atoms with Crippen molar-refractivity contribution in [2.24, 2.45) is 0 Å². The lowest BCUT2D eigenvalue weighted by atomic mass is 10.0. The van der Waals surface area contributed by atoms with E-state index in [0.717, 1.165) is 12.8 Å². The molecule has 3 nitrogen and oxygen atoms in total. The summed E-state index contributed by atoms with van der Waals surface area (Å²) in [7, 11) is 0. The highest BCUT2D eigenvalue weighted by Crippen LogP contribution is 2.14. The topological polar surface area (TPSA) is 46.5 Å². The lowest BCUT2D eigenvalue weighted by Gasteiger charge is -2.15. The summed E-state index contributed by atoms with van der Waals surface area (Å²) in [5, 5.41) is 9.53. The predicted molar refractivity (Wildman–Crippen MR) is 111 cm³/mol. The molecule has 0 atom stereocenters. The standard InChI is InChI=1S/C23H46O3/c1-4-5-6-7-8-9-10-11-12-13-14-15-16-17-18-19-20-26-22(24)21-23(2,3)25/h25H,4-21H2,1-3H3. The van der Waals surface area contributed by atoms with Gasteiger partial charge >= 0.3 is 5.97 Å². The van der Waals surface area contributed by atoms with Gasteiger partial charge in [-0.25, -0.2) is 0 Å². The molecule has 0 heterocycles. The molecule has 0 saturated carbocycles. The number of unbranched alkanes of at least 4 members (excludes halogenated alkanes) is 15. The van der Waals surface area contributed by atoms with Gasteiger partial charge in [0.15, 0.2) is 0 Å². The molecule has 0 aromatic rings. The van der Waals surface area contributed by atoms with Crippen molar-refractivity contribution in [1.29, 1.82) is 0 Å². The second-order valence-corrected chi connectivity index (χ2v) is 8.51. The fraction of sp³-hybridized carbons (Fsp3) is 0.957. The SMILES string of the molecule is CCCCCCCCCCCCCCCCCCOC(=O)CC(C)(C)O. The summed E-state index contributed by atoms with van der Waals surface area (Å²) < 4.78 is 5.14. The van der Waals surface area contributed by atoms with Gasteiger partial charge in [0.25, 0.3) is 0 Å². The summed E-state index contributed by atoms with van der Waals surface area (Å²) in [6.07, 6.45) is 21.5. The third kappa shape index (κ3) is 21.5. The van der Waals surface area contributed by atoms with Gasteiger partial charge in [-0.15, -0.1) is 0 Å². The van der Waals surface area contributed by atoms with E-state index >= 15 is 0 Å². The molecular weight excluding hydrogens is 324 g/mol. The third-order valence-corrected chi connectivity index (χ3v) is 4.84. The molecule has 156 valence electrons. The number of esters is 1. The Kier molecular flexibility index (Phi) is 17.4. The maximum Gasteiger partial charge on any atom is 0.308 e. The van der Waals surface area contributed by atoms with Crippen LogP contribution in [0.15, 0.2) is 0 Å². The molecule has 0 bridgehead atoms. The summed E-state index contributed by atoms with van der Waals surface area (Å²) in [5.41, 5.74) is -0.967. The molecule has 0 rings (SSSR count). The molecule has 0 saturated heterocycles. The van der Waals surface area contributed by atoms with Crippen molar-refractivity contribution >= 4 is 5.97 Å². The van der Waals surface area contributed by atoms with Gasteiger partial charge in [0.1, 0.15) is 0 Å². The summed E-state index contributed by atoms with van der Waals surface area (Å²) in [5.74, 6) is -0.293. The molecule has 0 aromatic heterocycles. The first-order chi connectivity index (χ1) is 12.5. The quantitative estimate of drug-likeness (QED) is 0.198. The number of carbonyl (C=O) groups is 1. The third-order valence-electron chi connectivity index (χ3n) is 4.84. The summed E-state index contributed by atoms with van der Waals surface area (Å²) in [6, 6.07) is 0. The monoisotopic (exact) mass is 370 g/mol. The van der Waals surface area contributed by atoms with Crippen LogP contribution in [-0.4, -0.2) is 23.3 Å². The Bertz CT molecular complexity index is 307. The van der Waals surface area contributed by atoms with Gasteiger partial charge in [0.05, 0.1) is 18.6 Å². The lowest BCUT2D eigenvalue weighted by molar-refractivity contribution is -0.148. The van der Waals surface area contributed by atoms with Crippen LogP contribution in [0.5, 0.6) is 0 Å². The zero-order chi connectivity index (χ0) is 19.5. The Morgan fingerprint density at radius 2 is 1.04 bits per heavy atom. The highest BCUT2D eigenvalue weighted by atomic mass is 16.5. The predicted octanol–water partition coefficient (Wildman–Crippen LogP) is 6.95. The molecular formula is C23H46O3. The average molecular weight is 371 g/mol. The number of hydrogen-bond donors (Lipinski definition) is 1. The van der Waals surface area contributed by atoms with Crippen LogP contribution in [0, 0.1) is 0 Å². The molecule has 1 N–H and O–H groups in total. The molecule has 0 amide bonds. The Morgan fingerprint density at radius 1 is 0.692 bits per heavy atom. The van der Waals surface area contributed by atoms with Crippen molar-refractivity contribution in [1.82, 2.24) is 0 Å². The number of hydrogen-bond acceptors (Lipinski definition) is 3. The lowest BCUT2D eigenvalue weighted by Crippen LogP contribution is -2.24. The highest BCUT2D eigenvalue weighted by Gasteiger charge is 2.18. The van der Waals surface area contributed by atoms with Gasteiger partial charge in [-0.3, -0.25) is 4.79 Å². The van der Waals surface area contributed by atoms with E-state index in [-0.39, 0.29) is 12.4 Å². The zero-order valence-corrected chi connectivity index (χ0v) is 18.0. The van der Waals surface area contributed by atoms with E-state index in [1.807, 2.05) is 0 Å². The van der Waals surface area contributed by atoms with Crippen LogP contribution in [0.2, 0.25) is 0 Å². The van der Waals surface area contributed by atoms with E-state index in [1.165, 1.54) is 89.9 Å². The van der Waals surface area contributed by atoms with Crippen molar-refractivity contribution < 1.29 is 14.6 Å². The molecule has 0 spiro atoms. The van der Waals surface area contributed by atoms with Gasteiger partial charge in [-0.1, -0.05) is 103 Å². The number of carbonyl (C=O) groups excluding carboxylic acids is 1. The minimum Gasteiger partial charge on any atom is -0.466 e. The summed E-state index contributed by atoms with van der Waals surface area (Å²) in [6.45, 7) is 6.03. The van der Waals surface area contributed by atoms with Crippen LogP contribution in [0.1, 0.15) is 130 Å². The van der Waals surface area contributed by atoms with Crippen molar-refractivity contribution in [3.05, 3.63) is 0 Å². The molecule has 26 heavy (non-hydrogen) atoms. The molecule has 0 unspecified atom stereocenters. The average Bonchev–Trinajstić information content (AvgIpc) is 2.56. The Balaban J connectivity index is 3.12. The van der Waals surface area contributed by atoms with Crippen molar-refractivity contribution in [3.8, 4) is 0 Å². The van der Waals surface area contributed by atoms with Crippen LogP contribution >= 0.6 is 0 Å². The highest BCUT2D eigenvalue weighted by molar-refractivity contribution is 5.70. The van der Waals surface area contributed by atoms with Crippen molar-refractivity contribution in [3.63, 3.8) is 0 Å². The number of aliphatic hydroxyl groups is 1. The van der Waals surface area contributed by atoms with E-state index < -0.39 is 5.60 Å². The Hall–Kier alpha value is -0.570. The fourth-order valence-electron chi connectivity index (χ4n) is 3.24. The minimum absolute atomic E-state index is 0.0753. The van der Waals surface area contributed by atoms with Crippen LogP contribution < -0.4 is 0 Å². The molecule has 3 heteroatoms. The van der Waals surface area contributed by atoms with Gasteiger partial charge in [0, 0.05) is 0 Å². The van der Waals surface area contributed by atoms with E-state index in [1.54, 1.807) is 13.8 Å². The van der Waals surface area contributed by atoms with Crippen LogP contribution in [0.4, 0.5) is 0 Å². The number of rotatable bonds is 19. The molecule has 0 aliphatic heterocycles. The Morgan fingerprint density at radius 3 is 1.38 bits per heavy atom. The van der Waals surface area contributed by atoms with E-state index in [4.69, 9.17) is 4.74 Å². The smallest absolute Gasteiger partial charge is 0.308 e. The van der Waals surface area contributed by atoms with Crippen LogP contribution in [0.25, 0.3) is 0 Å². The maximum absolute atomic E-state index is 11.4. The van der Waals surface area contributed by atoms with Gasteiger partial charge in [-0.2, -0.15) is 0 Å². The zero-order valence-electron chi connectivity index (χ0n) is 18.0. The molecule has 0 aromatic carbocycles. The first kappa shape index (κ1) is 25.4. The van der Waals surface area contributed by atoms with Crippen LogP contribution in [0.3, 0.4) is 0 Å². The molecule has 0 fully saturated rings. The fourth-order valence-corrected chi connectivity index (χ4v) is 3.24. The minimum atomic E-state index is -0.967.